The van der Waals surface area contributed by atoms with Crippen LogP contribution in [0.4, 0.5) is 4.79 Å². The molecule has 1 saturated carbocycles. The molecule has 1 saturated heterocycles. The number of fused-ring (bicyclic) bond motifs is 2. The van der Waals surface area contributed by atoms with Gasteiger partial charge in [0.05, 0.1) is 0 Å². The first-order valence-corrected chi connectivity index (χ1v) is 6.35. The smallest absolute Gasteiger partial charge is 0.410 e. The Morgan fingerprint density at radius 3 is 2.12 bits per heavy atom. The minimum atomic E-state index is -0.376. The molecule has 3 heteroatoms. The van der Waals surface area contributed by atoms with Gasteiger partial charge in [0.1, 0.15) is 5.60 Å². The Labute approximate surface area is 98.1 Å². The highest BCUT2D eigenvalue weighted by molar-refractivity contribution is 5.68. The predicted molar refractivity (Wildman–Crippen MR) is 63.2 cm³/mol. The predicted octanol–water partition coefficient (Wildman–Crippen LogP) is 2.90. The summed E-state index contributed by atoms with van der Waals surface area (Å²) in [4.78, 5) is 13.9. The molecule has 3 nitrogen and oxygen atoms in total. The Kier molecular flexibility index (Phi) is 2.89. The minimum Gasteiger partial charge on any atom is -0.444 e. The Morgan fingerprint density at radius 2 is 1.69 bits per heavy atom. The highest BCUT2D eigenvalue weighted by Gasteiger charge is 2.41. The number of amides is 1. The maximum atomic E-state index is 11.9. The van der Waals surface area contributed by atoms with Crippen LogP contribution < -0.4 is 0 Å². The number of likely N-dealkylation sites (tertiary alicyclic amines) is 1. The highest BCUT2D eigenvalue weighted by Crippen LogP contribution is 2.41. The average molecular weight is 225 g/mol. The summed E-state index contributed by atoms with van der Waals surface area (Å²) in [6, 6.07) is 0. The fraction of sp³-hybridized carbons (Fsp3) is 0.923. The van der Waals surface area contributed by atoms with Gasteiger partial charge < -0.3 is 9.64 Å². The number of carbonyl (C=O) groups is 1. The van der Waals surface area contributed by atoms with E-state index < -0.39 is 0 Å². The lowest BCUT2D eigenvalue weighted by Crippen LogP contribution is -2.46. The Balaban J connectivity index is 1.95. The van der Waals surface area contributed by atoms with Crippen molar-refractivity contribution in [3.63, 3.8) is 0 Å². The molecule has 16 heavy (non-hydrogen) atoms. The van der Waals surface area contributed by atoms with Gasteiger partial charge in [0, 0.05) is 13.1 Å². The van der Waals surface area contributed by atoms with E-state index in [2.05, 4.69) is 6.92 Å². The zero-order chi connectivity index (χ0) is 11.9. The zero-order valence-corrected chi connectivity index (χ0v) is 10.8. The van der Waals surface area contributed by atoms with Crippen molar-refractivity contribution in [2.75, 3.05) is 13.1 Å². The second-order valence-electron chi connectivity index (χ2n) is 6.34. The number of piperidine rings is 1. The van der Waals surface area contributed by atoms with Gasteiger partial charge in [0.15, 0.2) is 0 Å². The average Bonchev–Trinajstić information content (AvgIpc) is 2.38. The summed E-state index contributed by atoms with van der Waals surface area (Å²) in [6.07, 6.45) is 2.44. The standard InChI is InChI=1S/C13H23NO2/c1-9-10-5-6-11(9)8-14(7-10)12(15)16-13(2,3)4/h9-11H,5-8H2,1-4H3/t9?,10-,11?/m0/s1. The third kappa shape index (κ3) is 2.33. The fourth-order valence-corrected chi connectivity index (χ4v) is 2.97. The topological polar surface area (TPSA) is 29.5 Å². The lowest BCUT2D eigenvalue weighted by molar-refractivity contribution is 0.00940. The van der Waals surface area contributed by atoms with Gasteiger partial charge >= 0.3 is 6.09 Å². The summed E-state index contributed by atoms with van der Waals surface area (Å²) in [7, 11) is 0. The molecule has 2 fully saturated rings. The molecule has 0 aromatic carbocycles. The van der Waals surface area contributed by atoms with Crippen LogP contribution in [0.1, 0.15) is 40.5 Å². The molecule has 0 aromatic rings. The van der Waals surface area contributed by atoms with Crippen molar-refractivity contribution < 1.29 is 9.53 Å². The highest BCUT2D eigenvalue weighted by atomic mass is 16.6. The van der Waals surface area contributed by atoms with E-state index in [0.29, 0.717) is 11.8 Å². The van der Waals surface area contributed by atoms with Crippen LogP contribution in [0.5, 0.6) is 0 Å². The van der Waals surface area contributed by atoms with Crippen LogP contribution in [0.15, 0.2) is 0 Å². The molecule has 2 aliphatic rings. The quantitative estimate of drug-likeness (QED) is 0.634. The van der Waals surface area contributed by atoms with E-state index in [9.17, 15) is 4.79 Å². The Hall–Kier alpha value is -0.730. The maximum Gasteiger partial charge on any atom is 0.410 e. The third-order valence-corrected chi connectivity index (χ3v) is 3.96. The molecule has 2 unspecified atom stereocenters. The molecule has 92 valence electrons. The van der Waals surface area contributed by atoms with Gasteiger partial charge in [0.25, 0.3) is 0 Å². The minimum absolute atomic E-state index is 0.128. The van der Waals surface area contributed by atoms with Gasteiger partial charge in [-0.25, -0.2) is 4.79 Å². The number of carbonyl (C=O) groups excluding carboxylic acids is 1. The van der Waals surface area contributed by atoms with Crippen molar-refractivity contribution in [2.45, 2.75) is 46.1 Å². The van der Waals surface area contributed by atoms with E-state index in [1.165, 1.54) is 12.8 Å². The van der Waals surface area contributed by atoms with Crippen LogP contribution in [0.2, 0.25) is 0 Å². The van der Waals surface area contributed by atoms with E-state index >= 15 is 0 Å². The molecule has 1 aliphatic heterocycles. The Bertz CT molecular complexity index is 268. The lowest BCUT2D eigenvalue weighted by Gasteiger charge is -2.37. The number of ether oxygens (including phenoxy) is 1. The number of rotatable bonds is 0. The van der Waals surface area contributed by atoms with Crippen molar-refractivity contribution in [1.29, 1.82) is 0 Å². The van der Waals surface area contributed by atoms with E-state index in [1.807, 2.05) is 25.7 Å². The van der Waals surface area contributed by atoms with E-state index in [1.54, 1.807) is 0 Å². The lowest BCUT2D eigenvalue weighted by atomic mass is 9.87. The normalized spacial score (nSPS) is 34.0. The molecule has 0 radical (unpaired) electrons. The van der Waals surface area contributed by atoms with E-state index in [4.69, 9.17) is 4.74 Å². The van der Waals surface area contributed by atoms with Crippen molar-refractivity contribution in [3.8, 4) is 0 Å². The first-order chi connectivity index (χ1) is 7.37. The molecule has 0 N–H and O–H groups in total. The van der Waals surface area contributed by atoms with Gasteiger partial charge in [0.2, 0.25) is 0 Å². The second kappa shape index (κ2) is 3.94. The van der Waals surface area contributed by atoms with Crippen LogP contribution in [-0.4, -0.2) is 29.7 Å². The van der Waals surface area contributed by atoms with Crippen LogP contribution in [-0.2, 0) is 4.74 Å². The first kappa shape index (κ1) is 11.7. The SMILES string of the molecule is CC1C2CC[C@H]1CN(C(=O)OC(C)(C)C)C2. The maximum absolute atomic E-state index is 11.9. The molecule has 1 amide bonds. The monoisotopic (exact) mass is 225 g/mol. The number of nitrogens with zero attached hydrogens (tertiary/aromatic N) is 1. The Morgan fingerprint density at radius 1 is 1.19 bits per heavy atom. The third-order valence-electron chi connectivity index (χ3n) is 3.96. The summed E-state index contributed by atoms with van der Waals surface area (Å²) in [6.45, 7) is 9.89. The van der Waals surface area contributed by atoms with Crippen LogP contribution in [0.3, 0.4) is 0 Å². The van der Waals surface area contributed by atoms with Crippen molar-refractivity contribution in [3.05, 3.63) is 0 Å². The van der Waals surface area contributed by atoms with Crippen LogP contribution in [0, 0.1) is 17.8 Å². The summed E-state index contributed by atoms with van der Waals surface area (Å²) in [5, 5.41) is 0. The van der Waals surface area contributed by atoms with E-state index in [-0.39, 0.29) is 11.7 Å². The second-order valence-corrected chi connectivity index (χ2v) is 6.34. The van der Waals surface area contributed by atoms with Crippen LogP contribution in [0.25, 0.3) is 0 Å². The number of hydrogen-bond donors (Lipinski definition) is 0. The molecular weight excluding hydrogens is 202 g/mol. The summed E-state index contributed by atoms with van der Waals surface area (Å²) in [5.74, 6) is 2.19. The summed E-state index contributed by atoms with van der Waals surface area (Å²) >= 11 is 0. The summed E-state index contributed by atoms with van der Waals surface area (Å²) in [5.41, 5.74) is -0.376. The van der Waals surface area contributed by atoms with Crippen molar-refractivity contribution in [1.82, 2.24) is 4.90 Å². The molecule has 2 rings (SSSR count). The molecular formula is C13H23NO2. The zero-order valence-electron chi connectivity index (χ0n) is 10.8. The molecule has 0 spiro atoms. The molecule has 0 aromatic heterocycles. The fourth-order valence-electron chi connectivity index (χ4n) is 2.97. The van der Waals surface area contributed by atoms with Gasteiger partial charge in [-0.3, -0.25) is 0 Å². The van der Waals surface area contributed by atoms with Gasteiger partial charge in [-0.05, 0) is 51.4 Å². The molecule has 2 bridgehead atoms. The van der Waals surface area contributed by atoms with Crippen LogP contribution >= 0.6 is 0 Å². The molecule has 1 heterocycles. The summed E-state index contributed by atoms with van der Waals surface area (Å²) < 4.78 is 5.42. The van der Waals surface area contributed by atoms with Crippen molar-refractivity contribution >= 4 is 6.09 Å². The molecule has 1 aliphatic carbocycles. The van der Waals surface area contributed by atoms with Crippen molar-refractivity contribution in [2.24, 2.45) is 17.8 Å². The number of hydrogen-bond acceptors (Lipinski definition) is 2. The van der Waals surface area contributed by atoms with E-state index in [0.717, 1.165) is 19.0 Å². The van der Waals surface area contributed by atoms with Gasteiger partial charge in [-0.1, -0.05) is 6.92 Å². The molecule has 3 atom stereocenters. The largest absolute Gasteiger partial charge is 0.444 e. The first-order valence-electron chi connectivity index (χ1n) is 6.35. The van der Waals surface area contributed by atoms with Gasteiger partial charge in [-0.2, -0.15) is 0 Å². The van der Waals surface area contributed by atoms with Gasteiger partial charge in [-0.15, -0.1) is 0 Å².